The molecule has 3 rings (SSSR count). The average Bonchev–Trinajstić information content (AvgIpc) is 2.70. The molecule has 1 amide bonds. The number of carbonyl (C=O) groups excluding carboxylic acids is 1. The van der Waals surface area contributed by atoms with Crippen LogP contribution in [0, 0.1) is 13.8 Å². The first-order chi connectivity index (χ1) is 13.4. The standard InChI is InChI=1S/C24H33N3O/c1-6-27(23-12-7-19(4)17-20(23)5)24(28)21-8-10-22(11-9-21)26-15-13-25(14-16-26)18(2)3/h7-12,17-18H,6,13-16H2,1-5H3. The van der Waals surface area contributed by atoms with Gasteiger partial charge in [-0.15, -0.1) is 0 Å². The Labute approximate surface area is 169 Å². The van der Waals surface area contributed by atoms with Crippen LogP contribution in [-0.2, 0) is 0 Å². The molecule has 0 aliphatic carbocycles. The lowest BCUT2D eigenvalue weighted by Gasteiger charge is -2.38. The van der Waals surface area contributed by atoms with Crippen LogP contribution in [0.15, 0.2) is 42.5 Å². The highest BCUT2D eigenvalue weighted by Gasteiger charge is 2.21. The van der Waals surface area contributed by atoms with E-state index in [0.717, 1.165) is 43.0 Å². The van der Waals surface area contributed by atoms with E-state index in [9.17, 15) is 4.79 Å². The minimum absolute atomic E-state index is 0.0608. The molecule has 0 unspecified atom stereocenters. The summed E-state index contributed by atoms with van der Waals surface area (Å²) < 4.78 is 0. The molecule has 28 heavy (non-hydrogen) atoms. The summed E-state index contributed by atoms with van der Waals surface area (Å²) in [6.07, 6.45) is 0. The molecule has 1 heterocycles. The summed E-state index contributed by atoms with van der Waals surface area (Å²) in [5, 5.41) is 0. The molecule has 1 aliphatic rings. The average molecular weight is 380 g/mol. The molecule has 0 bridgehead atoms. The van der Waals surface area contributed by atoms with Crippen LogP contribution in [0.1, 0.15) is 42.3 Å². The second-order valence-electron chi connectivity index (χ2n) is 8.00. The Bertz CT molecular complexity index is 805. The van der Waals surface area contributed by atoms with Crippen LogP contribution >= 0.6 is 0 Å². The Balaban J connectivity index is 1.72. The van der Waals surface area contributed by atoms with Crippen LogP contribution in [0.3, 0.4) is 0 Å². The molecular weight excluding hydrogens is 346 g/mol. The van der Waals surface area contributed by atoms with E-state index < -0.39 is 0 Å². The van der Waals surface area contributed by atoms with E-state index >= 15 is 0 Å². The van der Waals surface area contributed by atoms with Crippen molar-refractivity contribution in [3.05, 3.63) is 59.2 Å². The van der Waals surface area contributed by atoms with Crippen molar-refractivity contribution in [1.82, 2.24) is 4.90 Å². The molecule has 2 aromatic carbocycles. The largest absolute Gasteiger partial charge is 0.369 e. The maximum absolute atomic E-state index is 13.1. The third-order valence-electron chi connectivity index (χ3n) is 5.73. The second-order valence-corrected chi connectivity index (χ2v) is 8.00. The maximum Gasteiger partial charge on any atom is 0.258 e. The Morgan fingerprint density at radius 1 is 1.00 bits per heavy atom. The summed E-state index contributed by atoms with van der Waals surface area (Å²) in [4.78, 5) is 19.9. The molecule has 4 nitrogen and oxygen atoms in total. The van der Waals surface area contributed by atoms with Gasteiger partial charge in [0.25, 0.3) is 5.91 Å². The number of benzene rings is 2. The number of carbonyl (C=O) groups is 1. The van der Waals surface area contributed by atoms with Gasteiger partial charge >= 0.3 is 0 Å². The fraction of sp³-hybridized carbons (Fsp3) is 0.458. The van der Waals surface area contributed by atoms with Gasteiger partial charge in [0.15, 0.2) is 0 Å². The van der Waals surface area contributed by atoms with Gasteiger partial charge in [0, 0.05) is 55.7 Å². The predicted octanol–water partition coefficient (Wildman–Crippen LogP) is 4.50. The lowest BCUT2D eigenvalue weighted by Crippen LogP contribution is -2.48. The van der Waals surface area contributed by atoms with Crippen molar-refractivity contribution in [1.29, 1.82) is 0 Å². The van der Waals surface area contributed by atoms with E-state index in [1.54, 1.807) is 0 Å². The van der Waals surface area contributed by atoms with Crippen molar-refractivity contribution >= 4 is 17.3 Å². The smallest absolute Gasteiger partial charge is 0.258 e. The summed E-state index contributed by atoms with van der Waals surface area (Å²) >= 11 is 0. The normalized spacial score (nSPS) is 15.1. The van der Waals surface area contributed by atoms with Crippen LogP contribution in [0.5, 0.6) is 0 Å². The van der Waals surface area contributed by atoms with Crippen molar-refractivity contribution in [2.45, 2.75) is 40.7 Å². The fourth-order valence-electron chi connectivity index (χ4n) is 4.00. The van der Waals surface area contributed by atoms with Gasteiger partial charge in [-0.1, -0.05) is 17.7 Å². The molecule has 0 aromatic heterocycles. The Hall–Kier alpha value is -2.33. The Kier molecular flexibility index (Phi) is 6.40. The van der Waals surface area contributed by atoms with Gasteiger partial charge in [-0.2, -0.15) is 0 Å². The molecule has 1 fully saturated rings. The van der Waals surface area contributed by atoms with E-state index in [2.05, 4.69) is 67.8 Å². The highest BCUT2D eigenvalue weighted by molar-refractivity contribution is 6.06. The number of hydrogen-bond acceptors (Lipinski definition) is 3. The van der Waals surface area contributed by atoms with E-state index in [1.165, 1.54) is 11.3 Å². The molecule has 0 spiro atoms. The quantitative estimate of drug-likeness (QED) is 0.765. The monoisotopic (exact) mass is 379 g/mol. The zero-order chi connectivity index (χ0) is 20.3. The van der Waals surface area contributed by atoms with Crippen LogP contribution in [0.25, 0.3) is 0 Å². The number of nitrogens with zero attached hydrogens (tertiary/aromatic N) is 3. The molecule has 2 aromatic rings. The van der Waals surface area contributed by atoms with Crippen molar-refractivity contribution < 1.29 is 4.79 Å². The SMILES string of the molecule is CCN(C(=O)c1ccc(N2CCN(C(C)C)CC2)cc1)c1ccc(C)cc1C. The first-order valence-corrected chi connectivity index (χ1v) is 10.4. The highest BCUT2D eigenvalue weighted by atomic mass is 16.2. The number of rotatable bonds is 5. The van der Waals surface area contributed by atoms with Gasteiger partial charge in [-0.3, -0.25) is 9.69 Å². The molecule has 0 N–H and O–H groups in total. The number of piperazine rings is 1. The molecule has 4 heteroatoms. The molecule has 0 saturated carbocycles. The topological polar surface area (TPSA) is 26.8 Å². The second kappa shape index (κ2) is 8.78. The van der Waals surface area contributed by atoms with Crippen LogP contribution < -0.4 is 9.80 Å². The highest BCUT2D eigenvalue weighted by Crippen LogP contribution is 2.24. The number of hydrogen-bond donors (Lipinski definition) is 0. The molecule has 150 valence electrons. The van der Waals surface area contributed by atoms with Gasteiger partial charge in [0.1, 0.15) is 0 Å². The fourth-order valence-corrected chi connectivity index (χ4v) is 4.00. The van der Waals surface area contributed by atoms with Crippen molar-refractivity contribution in [3.63, 3.8) is 0 Å². The van der Waals surface area contributed by atoms with E-state index in [4.69, 9.17) is 0 Å². The van der Waals surface area contributed by atoms with Crippen LogP contribution in [0.2, 0.25) is 0 Å². The molecular formula is C24H33N3O. The maximum atomic E-state index is 13.1. The Morgan fingerprint density at radius 3 is 2.18 bits per heavy atom. The van der Waals surface area contributed by atoms with E-state index in [1.807, 2.05) is 24.0 Å². The summed E-state index contributed by atoms with van der Waals surface area (Å²) in [6.45, 7) is 15.6. The zero-order valence-electron chi connectivity index (χ0n) is 17.9. The summed E-state index contributed by atoms with van der Waals surface area (Å²) in [5.74, 6) is 0.0608. The van der Waals surface area contributed by atoms with Crippen molar-refractivity contribution in [2.75, 3.05) is 42.5 Å². The summed E-state index contributed by atoms with van der Waals surface area (Å²) in [6, 6.07) is 15.0. The van der Waals surface area contributed by atoms with Crippen LogP contribution in [-0.4, -0.2) is 49.6 Å². The zero-order valence-corrected chi connectivity index (χ0v) is 17.9. The Morgan fingerprint density at radius 2 is 1.64 bits per heavy atom. The van der Waals surface area contributed by atoms with Gasteiger partial charge in [-0.05, 0) is 70.5 Å². The predicted molar refractivity (Wildman–Crippen MR) is 119 cm³/mol. The van der Waals surface area contributed by atoms with Gasteiger partial charge in [0.05, 0.1) is 0 Å². The van der Waals surface area contributed by atoms with Gasteiger partial charge in [-0.25, -0.2) is 0 Å². The van der Waals surface area contributed by atoms with Crippen LogP contribution in [0.4, 0.5) is 11.4 Å². The first kappa shape index (κ1) is 20.4. The summed E-state index contributed by atoms with van der Waals surface area (Å²) in [5.41, 5.74) is 5.29. The minimum Gasteiger partial charge on any atom is -0.369 e. The number of amides is 1. The first-order valence-electron chi connectivity index (χ1n) is 10.4. The molecule has 0 radical (unpaired) electrons. The van der Waals surface area contributed by atoms with Crippen molar-refractivity contribution in [2.24, 2.45) is 0 Å². The molecule has 1 saturated heterocycles. The lowest BCUT2D eigenvalue weighted by molar-refractivity contribution is 0.0988. The number of anilines is 2. The number of aryl methyl sites for hydroxylation is 2. The lowest BCUT2D eigenvalue weighted by atomic mass is 10.1. The van der Waals surface area contributed by atoms with E-state index in [-0.39, 0.29) is 5.91 Å². The van der Waals surface area contributed by atoms with E-state index in [0.29, 0.717) is 12.6 Å². The van der Waals surface area contributed by atoms with Gasteiger partial charge in [0.2, 0.25) is 0 Å². The van der Waals surface area contributed by atoms with Gasteiger partial charge < -0.3 is 9.80 Å². The third kappa shape index (κ3) is 4.39. The summed E-state index contributed by atoms with van der Waals surface area (Å²) in [7, 11) is 0. The molecule has 1 aliphatic heterocycles. The minimum atomic E-state index is 0.0608. The third-order valence-corrected chi connectivity index (χ3v) is 5.73. The van der Waals surface area contributed by atoms with Crippen molar-refractivity contribution in [3.8, 4) is 0 Å². The molecule has 0 atom stereocenters.